The average Bonchev–Trinajstić information content (AvgIpc) is 2.53. The van der Waals surface area contributed by atoms with Crippen LogP contribution in [0.3, 0.4) is 0 Å². The number of halogens is 2. The SMILES string of the molecule is O=C(CO/N=C/c1ccc(F)cc1)NCc1ccc(Cl)cc1. The molecule has 0 fully saturated rings. The van der Waals surface area contributed by atoms with E-state index in [1.54, 1.807) is 24.3 Å². The van der Waals surface area contributed by atoms with Gasteiger partial charge >= 0.3 is 0 Å². The molecule has 0 aliphatic carbocycles. The normalized spacial score (nSPS) is 10.6. The summed E-state index contributed by atoms with van der Waals surface area (Å²) in [7, 11) is 0. The van der Waals surface area contributed by atoms with Crippen molar-refractivity contribution in [1.29, 1.82) is 0 Å². The van der Waals surface area contributed by atoms with Crippen LogP contribution < -0.4 is 5.32 Å². The second-order valence-electron chi connectivity index (χ2n) is 4.46. The monoisotopic (exact) mass is 320 g/mol. The highest BCUT2D eigenvalue weighted by Crippen LogP contribution is 2.09. The first-order chi connectivity index (χ1) is 10.6. The third kappa shape index (κ3) is 5.54. The molecule has 2 rings (SSSR count). The van der Waals surface area contributed by atoms with Gasteiger partial charge in [0.25, 0.3) is 5.91 Å². The third-order valence-corrected chi connectivity index (χ3v) is 3.00. The van der Waals surface area contributed by atoms with Gasteiger partial charge in [-0.15, -0.1) is 0 Å². The van der Waals surface area contributed by atoms with Gasteiger partial charge in [-0.05, 0) is 35.4 Å². The van der Waals surface area contributed by atoms with Gasteiger partial charge in [0.2, 0.25) is 0 Å². The van der Waals surface area contributed by atoms with E-state index in [9.17, 15) is 9.18 Å². The van der Waals surface area contributed by atoms with E-state index in [-0.39, 0.29) is 18.3 Å². The highest BCUT2D eigenvalue weighted by Gasteiger charge is 2.01. The summed E-state index contributed by atoms with van der Waals surface area (Å²) in [6.07, 6.45) is 1.41. The zero-order valence-corrected chi connectivity index (χ0v) is 12.4. The molecule has 114 valence electrons. The van der Waals surface area contributed by atoms with Gasteiger partial charge in [-0.1, -0.05) is 41.0 Å². The molecule has 0 aliphatic heterocycles. The minimum absolute atomic E-state index is 0.189. The van der Waals surface area contributed by atoms with Gasteiger partial charge in [0.05, 0.1) is 6.21 Å². The van der Waals surface area contributed by atoms with E-state index >= 15 is 0 Å². The van der Waals surface area contributed by atoms with Crippen LogP contribution in [0.5, 0.6) is 0 Å². The van der Waals surface area contributed by atoms with Crippen molar-refractivity contribution in [2.75, 3.05) is 6.61 Å². The van der Waals surface area contributed by atoms with Crippen molar-refractivity contribution in [3.8, 4) is 0 Å². The lowest BCUT2D eigenvalue weighted by atomic mass is 10.2. The smallest absolute Gasteiger partial charge is 0.261 e. The van der Waals surface area contributed by atoms with Gasteiger partial charge in [-0.25, -0.2) is 4.39 Å². The van der Waals surface area contributed by atoms with Gasteiger partial charge in [0.15, 0.2) is 6.61 Å². The first-order valence-corrected chi connectivity index (χ1v) is 6.93. The maximum atomic E-state index is 12.7. The number of benzene rings is 2. The number of amides is 1. The van der Waals surface area contributed by atoms with Gasteiger partial charge in [0, 0.05) is 11.6 Å². The van der Waals surface area contributed by atoms with Crippen LogP contribution in [-0.2, 0) is 16.2 Å². The minimum atomic E-state index is -0.320. The van der Waals surface area contributed by atoms with Crippen LogP contribution in [0.2, 0.25) is 5.02 Å². The molecule has 0 spiro atoms. The van der Waals surface area contributed by atoms with Crippen LogP contribution in [-0.4, -0.2) is 18.7 Å². The maximum Gasteiger partial charge on any atom is 0.261 e. The molecular formula is C16H14ClFN2O2. The standard InChI is InChI=1S/C16H14ClFN2O2/c17-14-5-1-12(2-6-14)9-19-16(21)11-22-20-10-13-3-7-15(18)8-4-13/h1-8,10H,9,11H2,(H,19,21)/b20-10+. The van der Waals surface area contributed by atoms with Crippen molar-refractivity contribution in [1.82, 2.24) is 5.32 Å². The fourth-order valence-electron chi connectivity index (χ4n) is 1.60. The maximum absolute atomic E-state index is 12.7. The molecule has 0 unspecified atom stereocenters. The molecule has 22 heavy (non-hydrogen) atoms. The fraction of sp³-hybridized carbons (Fsp3) is 0.125. The van der Waals surface area contributed by atoms with Crippen LogP contribution >= 0.6 is 11.6 Å². The lowest BCUT2D eigenvalue weighted by Gasteiger charge is -2.04. The van der Waals surface area contributed by atoms with Crippen molar-refractivity contribution < 1.29 is 14.0 Å². The van der Waals surface area contributed by atoms with Crippen LogP contribution in [0.25, 0.3) is 0 Å². The molecule has 0 aromatic heterocycles. The molecule has 2 aromatic carbocycles. The Morgan fingerprint density at radius 3 is 2.55 bits per heavy atom. The van der Waals surface area contributed by atoms with E-state index in [1.807, 2.05) is 12.1 Å². The van der Waals surface area contributed by atoms with Crippen LogP contribution in [0, 0.1) is 5.82 Å². The van der Waals surface area contributed by atoms with Crippen molar-refractivity contribution >= 4 is 23.7 Å². The quantitative estimate of drug-likeness (QED) is 0.656. The first kappa shape index (κ1) is 16.0. The Kier molecular flexibility index (Phi) is 5.91. The molecule has 2 aromatic rings. The van der Waals surface area contributed by atoms with Crippen molar-refractivity contribution in [3.05, 3.63) is 70.5 Å². The van der Waals surface area contributed by atoms with Crippen molar-refractivity contribution in [3.63, 3.8) is 0 Å². The Bertz CT molecular complexity index is 642. The molecule has 0 bridgehead atoms. The van der Waals surface area contributed by atoms with Gasteiger partial charge in [-0.3, -0.25) is 4.79 Å². The van der Waals surface area contributed by atoms with E-state index in [0.717, 1.165) is 5.56 Å². The number of hydrogen-bond donors (Lipinski definition) is 1. The predicted molar refractivity (Wildman–Crippen MR) is 83.2 cm³/mol. The summed E-state index contributed by atoms with van der Waals surface area (Å²) in [5.41, 5.74) is 1.62. The number of nitrogens with one attached hydrogen (secondary N) is 1. The van der Waals surface area contributed by atoms with Gasteiger partial charge in [-0.2, -0.15) is 0 Å². The number of rotatable bonds is 6. The van der Waals surface area contributed by atoms with E-state index in [2.05, 4.69) is 10.5 Å². The van der Waals surface area contributed by atoms with Crippen molar-refractivity contribution in [2.24, 2.45) is 5.16 Å². The second kappa shape index (κ2) is 8.14. The molecule has 0 heterocycles. The fourth-order valence-corrected chi connectivity index (χ4v) is 1.72. The van der Waals surface area contributed by atoms with Crippen LogP contribution in [0.15, 0.2) is 53.7 Å². The van der Waals surface area contributed by atoms with Crippen molar-refractivity contribution in [2.45, 2.75) is 6.54 Å². The number of carbonyl (C=O) groups is 1. The summed E-state index contributed by atoms with van der Waals surface area (Å²) in [5.74, 6) is -0.606. The van der Waals surface area contributed by atoms with E-state index in [4.69, 9.17) is 16.4 Å². The summed E-state index contributed by atoms with van der Waals surface area (Å²) >= 11 is 5.77. The number of hydrogen-bond acceptors (Lipinski definition) is 3. The summed E-state index contributed by atoms with van der Waals surface area (Å²) in [6, 6.07) is 12.9. The molecule has 1 N–H and O–H groups in total. The summed E-state index contributed by atoms with van der Waals surface area (Å²) in [6.45, 7) is 0.201. The molecular weight excluding hydrogens is 307 g/mol. The topological polar surface area (TPSA) is 50.7 Å². The highest BCUT2D eigenvalue weighted by molar-refractivity contribution is 6.30. The predicted octanol–water partition coefficient (Wildman–Crippen LogP) is 3.15. The Balaban J connectivity index is 1.69. The zero-order valence-electron chi connectivity index (χ0n) is 11.6. The Hall–Kier alpha value is -2.40. The number of oxime groups is 1. The number of carbonyl (C=O) groups excluding carboxylic acids is 1. The molecule has 0 atom stereocenters. The third-order valence-electron chi connectivity index (χ3n) is 2.74. The van der Waals surface area contributed by atoms with E-state index < -0.39 is 0 Å². The van der Waals surface area contributed by atoms with E-state index in [1.165, 1.54) is 18.3 Å². The molecule has 0 radical (unpaired) electrons. The van der Waals surface area contributed by atoms with Crippen LogP contribution in [0.4, 0.5) is 4.39 Å². The largest absolute Gasteiger partial charge is 0.386 e. The zero-order chi connectivity index (χ0) is 15.8. The molecule has 4 nitrogen and oxygen atoms in total. The summed E-state index contributed by atoms with van der Waals surface area (Å²) in [5, 5.41) is 6.99. The Morgan fingerprint density at radius 2 is 1.86 bits per heavy atom. The summed E-state index contributed by atoms with van der Waals surface area (Å²) in [4.78, 5) is 16.4. The second-order valence-corrected chi connectivity index (χ2v) is 4.90. The lowest BCUT2D eigenvalue weighted by molar-refractivity contribution is -0.125. The molecule has 0 saturated heterocycles. The highest BCUT2D eigenvalue weighted by atomic mass is 35.5. The molecule has 1 amide bonds. The summed E-state index contributed by atoms with van der Waals surface area (Å²) < 4.78 is 12.7. The first-order valence-electron chi connectivity index (χ1n) is 6.55. The van der Waals surface area contributed by atoms with Gasteiger partial charge < -0.3 is 10.2 Å². The molecule has 0 aliphatic rings. The minimum Gasteiger partial charge on any atom is -0.386 e. The Morgan fingerprint density at radius 1 is 1.18 bits per heavy atom. The van der Waals surface area contributed by atoms with Crippen LogP contribution in [0.1, 0.15) is 11.1 Å². The van der Waals surface area contributed by atoms with E-state index in [0.29, 0.717) is 17.1 Å². The Labute approximate surface area is 132 Å². The number of nitrogens with zero attached hydrogens (tertiary/aromatic N) is 1. The molecule has 6 heteroatoms. The van der Waals surface area contributed by atoms with Gasteiger partial charge in [0.1, 0.15) is 5.82 Å². The molecule has 0 saturated carbocycles. The lowest BCUT2D eigenvalue weighted by Crippen LogP contribution is -2.26. The average molecular weight is 321 g/mol.